The van der Waals surface area contributed by atoms with Crippen molar-refractivity contribution < 1.29 is 14.3 Å². The van der Waals surface area contributed by atoms with Crippen LogP contribution in [-0.4, -0.2) is 53.3 Å². The van der Waals surface area contributed by atoms with Crippen LogP contribution in [0.1, 0.15) is 0 Å². The molecule has 0 aromatic heterocycles. The Morgan fingerprint density at radius 3 is 2.93 bits per heavy atom. The van der Waals surface area contributed by atoms with Crippen molar-refractivity contribution in [3.63, 3.8) is 0 Å². The number of thioether (sulfide) groups is 1. The highest BCUT2D eigenvalue weighted by molar-refractivity contribution is 9.09. The number of nitrogens with zero attached hydrogens (tertiary/aromatic N) is 1. The number of ketones is 1. The van der Waals surface area contributed by atoms with Gasteiger partial charge in [0.1, 0.15) is 6.04 Å². The third-order valence-electron chi connectivity index (χ3n) is 2.04. The van der Waals surface area contributed by atoms with Gasteiger partial charge in [-0.15, -0.1) is 0 Å². The Kier molecular flexibility index (Phi) is 4.74. The number of amides is 1. The molecule has 0 N–H and O–H groups in total. The third-order valence-corrected chi connectivity index (χ3v) is 3.62. The average molecular weight is 282 g/mol. The van der Waals surface area contributed by atoms with Gasteiger partial charge in [0.05, 0.1) is 12.4 Å². The van der Waals surface area contributed by atoms with Gasteiger partial charge in [-0.3, -0.25) is 9.69 Å². The third kappa shape index (κ3) is 2.63. The van der Waals surface area contributed by atoms with Gasteiger partial charge in [0.25, 0.3) is 0 Å². The Labute approximate surface area is 95.5 Å². The molecule has 1 amide bonds. The number of methoxy groups -OCH3 is 1. The van der Waals surface area contributed by atoms with Crippen LogP contribution in [0, 0.1) is 0 Å². The van der Waals surface area contributed by atoms with E-state index < -0.39 is 6.09 Å². The van der Waals surface area contributed by atoms with Gasteiger partial charge in [-0.1, -0.05) is 15.9 Å². The first-order valence-electron chi connectivity index (χ1n) is 4.21. The maximum absolute atomic E-state index is 11.5. The molecule has 1 aliphatic rings. The zero-order valence-electron chi connectivity index (χ0n) is 7.86. The van der Waals surface area contributed by atoms with Crippen molar-refractivity contribution in [2.45, 2.75) is 6.04 Å². The molecule has 1 rings (SSSR count). The summed E-state index contributed by atoms with van der Waals surface area (Å²) in [6, 6.07) is -0.333. The van der Waals surface area contributed by atoms with Crippen LogP contribution < -0.4 is 0 Å². The minimum absolute atomic E-state index is 0.0302. The van der Waals surface area contributed by atoms with Crippen LogP contribution in [0.3, 0.4) is 0 Å². The number of carbonyl (C=O) groups is 2. The van der Waals surface area contributed by atoms with Crippen molar-refractivity contribution in [2.24, 2.45) is 0 Å². The van der Waals surface area contributed by atoms with Gasteiger partial charge in [0, 0.05) is 18.1 Å². The van der Waals surface area contributed by atoms with Gasteiger partial charge in [0.2, 0.25) is 0 Å². The fourth-order valence-electron chi connectivity index (χ4n) is 1.30. The van der Waals surface area contributed by atoms with Crippen LogP contribution in [0.15, 0.2) is 0 Å². The first-order valence-corrected chi connectivity index (χ1v) is 6.49. The highest BCUT2D eigenvalue weighted by Gasteiger charge is 2.32. The number of hydrogen-bond acceptors (Lipinski definition) is 4. The van der Waals surface area contributed by atoms with E-state index in [1.54, 1.807) is 11.8 Å². The molecule has 14 heavy (non-hydrogen) atoms. The lowest BCUT2D eigenvalue weighted by Crippen LogP contribution is -2.50. The van der Waals surface area contributed by atoms with Crippen molar-refractivity contribution in [1.29, 1.82) is 0 Å². The lowest BCUT2D eigenvalue weighted by molar-refractivity contribution is -0.120. The van der Waals surface area contributed by atoms with Gasteiger partial charge in [-0.25, -0.2) is 4.79 Å². The van der Waals surface area contributed by atoms with E-state index in [-0.39, 0.29) is 17.2 Å². The summed E-state index contributed by atoms with van der Waals surface area (Å²) in [5, 5.41) is 0.283. The van der Waals surface area contributed by atoms with Crippen molar-refractivity contribution in [2.75, 3.05) is 30.5 Å². The maximum atomic E-state index is 11.5. The van der Waals surface area contributed by atoms with E-state index in [1.165, 1.54) is 12.0 Å². The van der Waals surface area contributed by atoms with Gasteiger partial charge >= 0.3 is 6.09 Å². The summed E-state index contributed by atoms with van der Waals surface area (Å²) in [7, 11) is 1.33. The van der Waals surface area contributed by atoms with Crippen molar-refractivity contribution in [3.05, 3.63) is 0 Å². The van der Waals surface area contributed by atoms with Crippen LogP contribution in [-0.2, 0) is 9.53 Å². The summed E-state index contributed by atoms with van der Waals surface area (Å²) >= 11 is 4.80. The molecule has 1 unspecified atom stereocenters. The average Bonchev–Trinajstić information content (AvgIpc) is 2.27. The Morgan fingerprint density at radius 2 is 2.36 bits per heavy atom. The molecule has 1 fully saturated rings. The standard InChI is InChI=1S/C8H12BrNO3S/c1-13-8(12)10-2-3-14-5-6(10)7(11)4-9/h6H,2-5H2,1H3. The number of alkyl halides is 1. The predicted molar refractivity (Wildman–Crippen MR) is 59.0 cm³/mol. The van der Waals surface area contributed by atoms with Crippen LogP contribution in [0.5, 0.6) is 0 Å². The molecule has 1 saturated heterocycles. The van der Waals surface area contributed by atoms with E-state index in [0.29, 0.717) is 12.3 Å². The number of Topliss-reactive ketones (excluding diaryl/α,β-unsaturated/α-hetero) is 1. The van der Waals surface area contributed by atoms with Crippen LogP contribution in [0.2, 0.25) is 0 Å². The van der Waals surface area contributed by atoms with E-state index in [2.05, 4.69) is 20.7 Å². The molecule has 6 heteroatoms. The molecule has 0 saturated carbocycles. The normalized spacial score (nSPS) is 21.9. The highest BCUT2D eigenvalue weighted by atomic mass is 79.9. The SMILES string of the molecule is COC(=O)N1CCSCC1C(=O)CBr. The molecular formula is C8H12BrNO3S. The van der Waals surface area contributed by atoms with E-state index in [1.807, 2.05) is 0 Å². The monoisotopic (exact) mass is 281 g/mol. The molecule has 80 valence electrons. The van der Waals surface area contributed by atoms with Gasteiger partial charge in [-0.05, 0) is 0 Å². The first kappa shape index (κ1) is 11.8. The fourth-order valence-corrected chi connectivity index (χ4v) is 2.75. The quantitative estimate of drug-likeness (QED) is 0.712. The molecule has 0 aromatic rings. The van der Waals surface area contributed by atoms with Gasteiger partial charge in [-0.2, -0.15) is 11.8 Å². The summed E-state index contributed by atoms with van der Waals surface area (Å²) in [4.78, 5) is 24.3. The topological polar surface area (TPSA) is 46.6 Å². The zero-order valence-corrected chi connectivity index (χ0v) is 10.3. The Hall–Kier alpha value is -0.230. The highest BCUT2D eigenvalue weighted by Crippen LogP contribution is 2.18. The zero-order chi connectivity index (χ0) is 10.6. The van der Waals surface area contributed by atoms with Crippen molar-refractivity contribution >= 4 is 39.6 Å². The maximum Gasteiger partial charge on any atom is 0.410 e. The minimum atomic E-state index is -0.412. The first-order chi connectivity index (χ1) is 6.70. The molecule has 1 aliphatic heterocycles. The summed E-state index contributed by atoms with van der Waals surface area (Å²) in [5.41, 5.74) is 0. The summed E-state index contributed by atoms with van der Waals surface area (Å²) in [6.07, 6.45) is -0.412. The van der Waals surface area contributed by atoms with Crippen LogP contribution in [0.4, 0.5) is 4.79 Å². The molecule has 0 radical (unpaired) electrons. The van der Waals surface area contributed by atoms with E-state index in [4.69, 9.17) is 0 Å². The van der Waals surface area contributed by atoms with Crippen molar-refractivity contribution in [1.82, 2.24) is 4.90 Å². The molecule has 4 nitrogen and oxygen atoms in total. The lowest BCUT2D eigenvalue weighted by atomic mass is 10.2. The molecule has 0 aromatic carbocycles. The van der Waals surface area contributed by atoms with Crippen LogP contribution >= 0.6 is 27.7 Å². The van der Waals surface area contributed by atoms with Gasteiger partial charge < -0.3 is 4.74 Å². The summed E-state index contributed by atoms with van der Waals surface area (Å²) in [6.45, 7) is 0.584. The molecule has 1 atom stereocenters. The summed E-state index contributed by atoms with van der Waals surface area (Å²) < 4.78 is 4.62. The minimum Gasteiger partial charge on any atom is -0.453 e. The second kappa shape index (κ2) is 5.60. The van der Waals surface area contributed by atoms with E-state index in [9.17, 15) is 9.59 Å². The molecule has 0 aliphatic carbocycles. The van der Waals surface area contributed by atoms with Crippen molar-refractivity contribution in [3.8, 4) is 0 Å². The van der Waals surface area contributed by atoms with Crippen LogP contribution in [0.25, 0.3) is 0 Å². The lowest BCUT2D eigenvalue weighted by Gasteiger charge is -2.32. The fraction of sp³-hybridized carbons (Fsp3) is 0.750. The molecule has 0 bridgehead atoms. The number of rotatable bonds is 2. The van der Waals surface area contributed by atoms with E-state index in [0.717, 1.165) is 5.75 Å². The largest absolute Gasteiger partial charge is 0.453 e. The molecule has 1 heterocycles. The number of ether oxygens (including phenoxy) is 1. The number of hydrogen-bond donors (Lipinski definition) is 0. The van der Waals surface area contributed by atoms with E-state index >= 15 is 0 Å². The second-order valence-corrected chi connectivity index (χ2v) is 4.56. The predicted octanol–water partition coefficient (Wildman–Crippen LogP) is 1.13. The Morgan fingerprint density at radius 1 is 1.64 bits per heavy atom. The number of carbonyl (C=O) groups excluding carboxylic acids is 2. The molecule has 0 spiro atoms. The number of halogens is 1. The summed E-state index contributed by atoms with van der Waals surface area (Å²) in [5.74, 6) is 1.56. The van der Waals surface area contributed by atoms with Gasteiger partial charge in [0.15, 0.2) is 5.78 Å². The smallest absolute Gasteiger partial charge is 0.410 e. The Bertz CT molecular complexity index is 213. The molecular weight excluding hydrogens is 270 g/mol. The Balaban J connectivity index is 2.68. The second-order valence-electron chi connectivity index (χ2n) is 2.85.